The zero-order valence-electron chi connectivity index (χ0n) is 4.22. The van der Waals surface area contributed by atoms with Gasteiger partial charge in [0.25, 0.3) is 0 Å². The second-order valence-electron chi connectivity index (χ2n) is 3.90. The van der Waals surface area contributed by atoms with Crippen molar-refractivity contribution in [3.8, 4) is 0 Å². The molecule has 0 aromatic rings. The van der Waals surface area contributed by atoms with Gasteiger partial charge in [0.1, 0.15) is 0 Å². The van der Waals surface area contributed by atoms with Gasteiger partial charge in [-0.2, -0.15) is 0 Å². The van der Waals surface area contributed by atoms with Gasteiger partial charge in [0.15, 0.2) is 0 Å². The summed E-state index contributed by atoms with van der Waals surface area (Å²) in [5, 5.41) is 0. The average Bonchev–Trinajstić information content (AvgIpc) is 2.20. The Kier molecular flexibility index (Phi) is 0.135. The number of hydrogen-bond acceptors (Lipinski definition) is 0. The standard InChI is InChI=1S/C7H8/c1-3-4(1)7(3)5-2-6(5)7/h3-6H,1-2H2. The molecule has 4 fully saturated rings. The summed E-state index contributed by atoms with van der Waals surface area (Å²) in [6.07, 6.45) is 3.26. The molecule has 4 rings (SSSR count). The molecule has 4 saturated carbocycles. The van der Waals surface area contributed by atoms with Crippen LogP contribution in [0.5, 0.6) is 0 Å². The van der Waals surface area contributed by atoms with Crippen LogP contribution in [0.2, 0.25) is 0 Å². The van der Waals surface area contributed by atoms with Gasteiger partial charge in [-0.05, 0) is 41.9 Å². The highest BCUT2D eigenvalue weighted by Gasteiger charge is 2.97. The summed E-state index contributed by atoms with van der Waals surface area (Å²) in [6, 6.07) is 0. The van der Waals surface area contributed by atoms with Crippen LogP contribution in [0, 0.1) is 29.1 Å². The summed E-state index contributed by atoms with van der Waals surface area (Å²) in [5.41, 5.74) is 1.11. The van der Waals surface area contributed by atoms with Gasteiger partial charge in [-0.3, -0.25) is 0 Å². The minimum Gasteiger partial charge on any atom is -0.0459 e. The fourth-order valence-corrected chi connectivity index (χ4v) is 3.16. The molecular weight excluding hydrogens is 84.1 g/mol. The lowest BCUT2D eigenvalue weighted by Gasteiger charge is -2.03. The van der Waals surface area contributed by atoms with Crippen LogP contribution in [-0.4, -0.2) is 0 Å². The molecule has 1 spiro atoms. The highest BCUT2D eigenvalue weighted by molar-refractivity contribution is 5.45. The molecule has 4 unspecified atom stereocenters. The zero-order chi connectivity index (χ0) is 4.22. The molecule has 7 heavy (non-hydrogen) atoms. The maximum atomic E-state index is 1.63. The Morgan fingerprint density at radius 2 is 1.29 bits per heavy atom. The molecule has 0 nitrogen and oxygen atoms in total. The van der Waals surface area contributed by atoms with Crippen molar-refractivity contribution in [3.63, 3.8) is 0 Å². The highest BCUT2D eigenvalue weighted by Crippen LogP contribution is 3.02. The van der Waals surface area contributed by atoms with Crippen LogP contribution in [0.15, 0.2) is 0 Å². The van der Waals surface area contributed by atoms with Crippen LogP contribution in [0.1, 0.15) is 12.8 Å². The van der Waals surface area contributed by atoms with Crippen LogP contribution in [0.4, 0.5) is 0 Å². The van der Waals surface area contributed by atoms with E-state index in [0.717, 1.165) is 5.41 Å². The van der Waals surface area contributed by atoms with E-state index in [2.05, 4.69) is 0 Å². The number of hydrogen-bond donors (Lipinski definition) is 0. The molecule has 0 heteroatoms. The highest BCUT2D eigenvalue weighted by atomic mass is 15.0. The Hall–Kier alpha value is 0. The quantitative estimate of drug-likeness (QED) is 0.422. The zero-order valence-corrected chi connectivity index (χ0v) is 4.22. The fraction of sp³-hybridized carbons (Fsp3) is 1.00. The molecule has 0 aromatic carbocycles. The van der Waals surface area contributed by atoms with E-state index in [1.54, 1.807) is 12.8 Å². The van der Waals surface area contributed by atoms with E-state index < -0.39 is 0 Å². The predicted octanol–water partition coefficient (Wildman–Crippen LogP) is 1.27. The van der Waals surface area contributed by atoms with Crippen molar-refractivity contribution >= 4 is 0 Å². The molecule has 36 valence electrons. The first kappa shape index (κ1) is 2.52. The van der Waals surface area contributed by atoms with Crippen molar-refractivity contribution in [2.75, 3.05) is 0 Å². The van der Waals surface area contributed by atoms with Crippen LogP contribution in [0.25, 0.3) is 0 Å². The van der Waals surface area contributed by atoms with Crippen molar-refractivity contribution in [1.82, 2.24) is 0 Å². The van der Waals surface area contributed by atoms with E-state index in [9.17, 15) is 0 Å². The smallest absolute Gasteiger partial charge is 0.0172 e. The Balaban J connectivity index is 1.97. The Morgan fingerprint density at radius 3 is 1.29 bits per heavy atom. The Bertz CT molecular complexity index is 131. The molecule has 0 aliphatic heterocycles. The first-order valence-electron chi connectivity index (χ1n) is 3.45. The van der Waals surface area contributed by atoms with Crippen LogP contribution in [0.3, 0.4) is 0 Å². The molecular formula is C7H8. The van der Waals surface area contributed by atoms with Crippen LogP contribution in [-0.2, 0) is 0 Å². The average molecular weight is 92.1 g/mol. The Morgan fingerprint density at radius 1 is 0.857 bits per heavy atom. The van der Waals surface area contributed by atoms with E-state index in [1.165, 1.54) is 23.7 Å². The minimum atomic E-state index is 1.11. The molecule has 0 saturated heterocycles. The van der Waals surface area contributed by atoms with E-state index in [1.807, 2.05) is 0 Å². The minimum absolute atomic E-state index is 1.11. The Labute approximate surface area is 42.9 Å². The molecule has 4 atom stereocenters. The van der Waals surface area contributed by atoms with Gasteiger partial charge in [-0.15, -0.1) is 0 Å². The normalized spacial score (nSPS) is 96.0. The third-order valence-corrected chi connectivity index (χ3v) is 3.93. The maximum absolute atomic E-state index is 1.63. The van der Waals surface area contributed by atoms with E-state index in [0.29, 0.717) is 0 Å². The molecule has 0 N–H and O–H groups in total. The summed E-state index contributed by atoms with van der Waals surface area (Å²) in [6.45, 7) is 0. The van der Waals surface area contributed by atoms with Gasteiger partial charge in [-0.25, -0.2) is 0 Å². The maximum Gasteiger partial charge on any atom is -0.0172 e. The molecule has 0 aromatic heterocycles. The number of fused-ring (bicyclic) bond motifs is 6. The summed E-state index contributed by atoms with van der Waals surface area (Å²) in [4.78, 5) is 0. The molecule has 0 heterocycles. The lowest BCUT2D eigenvalue weighted by atomic mass is 10.0. The predicted molar refractivity (Wildman–Crippen MR) is 25.6 cm³/mol. The van der Waals surface area contributed by atoms with Gasteiger partial charge in [0, 0.05) is 0 Å². The van der Waals surface area contributed by atoms with Crippen LogP contribution < -0.4 is 0 Å². The van der Waals surface area contributed by atoms with Crippen molar-refractivity contribution < 1.29 is 0 Å². The molecule has 0 bridgehead atoms. The second kappa shape index (κ2) is 0.375. The van der Waals surface area contributed by atoms with Gasteiger partial charge in [-0.1, -0.05) is 0 Å². The van der Waals surface area contributed by atoms with Crippen molar-refractivity contribution in [3.05, 3.63) is 0 Å². The lowest BCUT2D eigenvalue weighted by Crippen LogP contribution is -1.97. The summed E-state index contributed by atoms with van der Waals surface area (Å²) in [7, 11) is 0. The number of rotatable bonds is 0. The van der Waals surface area contributed by atoms with Gasteiger partial charge in [0.2, 0.25) is 0 Å². The first-order chi connectivity index (χ1) is 3.45. The van der Waals surface area contributed by atoms with E-state index >= 15 is 0 Å². The van der Waals surface area contributed by atoms with Gasteiger partial charge >= 0.3 is 0 Å². The second-order valence-corrected chi connectivity index (χ2v) is 3.90. The summed E-state index contributed by atoms with van der Waals surface area (Å²) < 4.78 is 0. The topological polar surface area (TPSA) is 0 Å². The van der Waals surface area contributed by atoms with Crippen LogP contribution >= 0.6 is 0 Å². The van der Waals surface area contributed by atoms with E-state index in [4.69, 9.17) is 0 Å². The molecule has 4 aliphatic carbocycles. The first-order valence-corrected chi connectivity index (χ1v) is 3.45. The third kappa shape index (κ3) is 0.0938. The van der Waals surface area contributed by atoms with Crippen molar-refractivity contribution in [2.24, 2.45) is 29.1 Å². The SMILES string of the molecule is C1C2C1C21C2CC21. The van der Waals surface area contributed by atoms with Crippen molar-refractivity contribution in [1.29, 1.82) is 0 Å². The lowest BCUT2D eigenvalue weighted by molar-refractivity contribution is 0.448. The van der Waals surface area contributed by atoms with Gasteiger partial charge < -0.3 is 0 Å². The largest absolute Gasteiger partial charge is 0.0459 e. The monoisotopic (exact) mass is 92.1 g/mol. The van der Waals surface area contributed by atoms with Gasteiger partial charge in [0.05, 0.1) is 0 Å². The fourth-order valence-electron chi connectivity index (χ4n) is 3.16. The molecule has 4 aliphatic rings. The third-order valence-electron chi connectivity index (χ3n) is 3.93. The summed E-state index contributed by atoms with van der Waals surface area (Å²) >= 11 is 0. The molecule has 0 radical (unpaired) electrons. The van der Waals surface area contributed by atoms with Crippen molar-refractivity contribution in [2.45, 2.75) is 12.8 Å². The summed E-state index contributed by atoms with van der Waals surface area (Å²) in [5.74, 6) is 5.21. The molecule has 0 amide bonds. The van der Waals surface area contributed by atoms with E-state index in [-0.39, 0.29) is 0 Å².